The molecule has 0 aliphatic carbocycles. The summed E-state index contributed by atoms with van der Waals surface area (Å²) in [7, 11) is 3.32. The third kappa shape index (κ3) is 3.82. The van der Waals surface area contributed by atoms with Crippen molar-refractivity contribution in [2.45, 2.75) is 26.1 Å². The molecule has 28 heavy (non-hydrogen) atoms. The van der Waals surface area contributed by atoms with Gasteiger partial charge in [-0.05, 0) is 35.4 Å². The fraction of sp³-hybridized carbons (Fsp3) is 0.318. The van der Waals surface area contributed by atoms with Gasteiger partial charge < -0.3 is 9.47 Å². The summed E-state index contributed by atoms with van der Waals surface area (Å²) in [6.07, 6.45) is 0.853. The number of aromatic amines is 1. The van der Waals surface area contributed by atoms with E-state index in [1.54, 1.807) is 18.9 Å². The second-order valence-electron chi connectivity index (χ2n) is 7.12. The Morgan fingerprint density at radius 1 is 0.964 bits per heavy atom. The molecule has 2 aromatic carbocycles. The van der Waals surface area contributed by atoms with Crippen molar-refractivity contribution in [3.8, 4) is 11.5 Å². The van der Waals surface area contributed by atoms with Gasteiger partial charge in [-0.15, -0.1) is 0 Å². The Hall–Kier alpha value is -2.99. The van der Waals surface area contributed by atoms with Gasteiger partial charge in [-0.2, -0.15) is 0 Å². The maximum absolute atomic E-state index is 12.9. The number of nitrogens with one attached hydrogen (secondary N) is 1. The van der Waals surface area contributed by atoms with Gasteiger partial charge in [-0.3, -0.25) is 14.8 Å². The van der Waals surface area contributed by atoms with Crippen molar-refractivity contribution in [3.63, 3.8) is 0 Å². The fourth-order valence-corrected chi connectivity index (χ4v) is 3.70. The second-order valence-corrected chi connectivity index (χ2v) is 7.12. The Morgan fingerprint density at radius 2 is 1.75 bits per heavy atom. The molecule has 0 amide bonds. The van der Waals surface area contributed by atoms with Crippen molar-refractivity contribution in [3.05, 3.63) is 81.3 Å². The van der Waals surface area contributed by atoms with E-state index in [1.807, 2.05) is 36.4 Å². The molecule has 2 heterocycles. The predicted molar refractivity (Wildman–Crippen MR) is 108 cm³/mol. The first-order chi connectivity index (χ1) is 13.7. The molecule has 0 saturated carbocycles. The molecule has 1 N–H and O–H groups in total. The summed E-state index contributed by atoms with van der Waals surface area (Å²) in [5, 5.41) is 3.31. The molecule has 0 radical (unpaired) electrons. The van der Waals surface area contributed by atoms with Crippen LogP contribution < -0.4 is 15.0 Å². The van der Waals surface area contributed by atoms with Crippen LogP contribution >= 0.6 is 0 Å². The van der Waals surface area contributed by atoms with Gasteiger partial charge in [0.15, 0.2) is 0 Å². The maximum Gasteiger partial charge on any atom is 0.271 e. The summed E-state index contributed by atoms with van der Waals surface area (Å²) in [5.41, 5.74) is 4.26. The van der Waals surface area contributed by atoms with Crippen molar-refractivity contribution >= 4 is 0 Å². The number of aromatic nitrogens is 2. The van der Waals surface area contributed by atoms with E-state index in [-0.39, 0.29) is 5.56 Å². The summed E-state index contributed by atoms with van der Waals surface area (Å²) in [6, 6.07) is 15.9. The standard InChI is InChI=1S/C22H25N3O3/c1-27-18-8-6-16(7-9-18)13-24-11-10-21-20(15-24)22(26)25(23-21)14-17-4-3-5-19(12-17)28-2/h3-9,12,23H,10-11,13-15H2,1-2H3. The molecule has 0 unspecified atom stereocenters. The van der Waals surface area contributed by atoms with Gasteiger partial charge in [0.05, 0.1) is 26.3 Å². The lowest BCUT2D eigenvalue weighted by atomic mass is 10.1. The normalized spacial score (nSPS) is 13.9. The third-order valence-electron chi connectivity index (χ3n) is 5.24. The van der Waals surface area contributed by atoms with Crippen LogP contribution in [0.5, 0.6) is 11.5 Å². The molecule has 6 heteroatoms. The number of hydrogen-bond donors (Lipinski definition) is 1. The Balaban J connectivity index is 1.48. The number of ether oxygens (including phenoxy) is 2. The van der Waals surface area contributed by atoms with Gasteiger partial charge in [0, 0.05) is 31.7 Å². The zero-order valence-electron chi connectivity index (χ0n) is 16.3. The quantitative estimate of drug-likeness (QED) is 0.716. The van der Waals surface area contributed by atoms with Crippen molar-refractivity contribution < 1.29 is 9.47 Å². The summed E-state index contributed by atoms with van der Waals surface area (Å²) in [4.78, 5) is 15.2. The average Bonchev–Trinajstić information content (AvgIpc) is 3.04. The largest absolute Gasteiger partial charge is 0.497 e. The van der Waals surface area contributed by atoms with Gasteiger partial charge in [-0.1, -0.05) is 24.3 Å². The van der Waals surface area contributed by atoms with Gasteiger partial charge in [0.2, 0.25) is 0 Å². The summed E-state index contributed by atoms with van der Waals surface area (Å²) in [6.45, 7) is 2.94. The van der Waals surface area contributed by atoms with Crippen LogP contribution in [-0.4, -0.2) is 35.4 Å². The minimum Gasteiger partial charge on any atom is -0.497 e. The molecule has 0 fully saturated rings. The molecular weight excluding hydrogens is 354 g/mol. The molecule has 1 aliphatic rings. The van der Waals surface area contributed by atoms with Crippen LogP contribution in [0.3, 0.4) is 0 Å². The Bertz CT molecular complexity index is 1000. The van der Waals surface area contributed by atoms with Crippen LogP contribution in [0.1, 0.15) is 22.4 Å². The highest BCUT2D eigenvalue weighted by Crippen LogP contribution is 2.19. The van der Waals surface area contributed by atoms with Crippen LogP contribution in [0.2, 0.25) is 0 Å². The molecular formula is C22H25N3O3. The summed E-state index contributed by atoms with van der Waals surface area (Å²) >= 11 is 0. The number of rotatable bonds is 6. The van der Waals surface area contributed by atoms with Gasteiger partial charge >= 0.3 is 0 Å². The fourth-order valence-electron chi connectivity index (χ4n) is 3.70. The second kappa shape index (κ2) is 7.94. The molecule has 0 bridgehead atoms. The molecule has 4 rings (SSSR count). The number of nitrogens with zero attached hydrogens (tertiary/aromatic N) is 2. The molecule has 0 saturated heterocycles. The van der Waals surface area contributed by atoms with Gasteiger partial charge in [0.1, 0.15) is 11.5 Å². The van der Waals surface area contributed by atoms with E-state index < -0.39 is 0 Å². The third-order valence-corrected chi connectivity index (χ3v) is 5.24. The van der Waals surface area contributed by atoms with E-state index in [9.17, 15) is 4.79 Å². The number of H-pyrrole nitrogens is 1. The van der Waals surface area contributed by atoms with Crippen molar-refractivity contribution in [1.82, 2.24) is 14.7 Å². The molecule has 6 nitrogen and oxygen atoms in total. The van der Waals surface area contributed by atoms with Crippen LogP contribution in [0.15, 0.2) is 53.3 Å². The lowest BCUT2D eigenvalue weighted by Crippen LogP contribution is -2.32. The summed E-state index contributed by atoms with van der Waals surface area (Å²) < 4.78 is 12.2. The summed E-state index contributed by atoms with van der Waals surface area (Å²) in [5.74, 6) is 1.66. The number of benzene rings is 2. The number of methoxy groups -OCH3 is 2. The first kappa shape index (κ1) is 18.4. The molecule has 1 aliphatic heterocycles. The lowest BCUT2D eigenvalue weighted by molar-refractivity contribution is 0.244. The molecule has 1 aromatic heterocycles. The molecule has 0 spiro atoms. The van der Waals surface area contributed by atoms with Crippen LogP contribution in [0, 0.1) is 0 Å². The molecule has 146 valence electrons. The topological polar surface area (TPSA) is 59.5 Å². The highest BCUT2D eigenvalue weighted by atomic mass is 16.5. The number of fused-ring (bicyclic) bond motifs is 1. The smallest absolute Gasteiger partial charge is 0.271 e. The van der Waals surface area contributed by atoms with E-state index in [0.717, 1.165) is 47.8 Å². The predicted octanol–water partition coefficient (Wildman–Crippen LogP) is 2.80. The van der Waals surface area contributed by atoms with Gasteiger partial charge in [-0.25, -0.2) is 4.68 Å². The highest BCUT2D eigenvalue weighted by molar-refractivity contribution is 5.30. The number of hydrogen-bond acceptors (Lipinski definition) is 4. The van der Waals surface area contributed by atoms with Crippen molar-refractivity contribution in [2.24, 2.45) is 0 Å². The van der Waals surface area contributed by atoms with E-state index in [1.165, 1.54) is 5.56 Å². The monoisotopic (exact) mass is 379 g/mol. The molecule has 3 aromatic rings. The first-order valence-corrected chi connectivity index (χ1v) is 9.45. The Labute approximate surface area is 164 Å². The zero-order valence-corrected chi connectivity index (χ0v) is 16.3. The zero-order chi connectivity index (χ0) is 19.5. The Morgan fingerprint density at radius 3 is 2.50 bits per heavy atom. The van der Waals surface area contributed by atoms with Crippen molar-refractivity contribution in [2.75, 3.05) is 20.8 Å². The Kier molecular flexibility index (Phi) is 5.21. The molecule has 0 atom stereocenters. The van der Waals surface area contributed by atoms with E-state index >= 15 is 0 Å². The average molecular weight is 379 g/mol. The first-order valence-electron chi connectivity index (χ1n) is 9.45. The maximum atomic E-state index is 12.9. The SMILES string of the molecule is COc1ccc(CN2CCc3[nH]n(Cc4cccc(OC)c4)c(=O)c3C2)cc1. The minimum absolute atomic E-state index is 0.0669. The van der Waals surface area contributed by atoms with Gasteiger partial charge in [0.25, 0.3) is 5.56 Å². The lowest BCUT2D eigenvalue weighted by Gasteiger charge is -2.25. The van der Waals surface area contributed by atoms with E-state index in [4.69, 9.17) is 9.47 Å². The van der Waals surface area contributed by atoms with Crippen LogP contribution in [0.25, 0.3) is 0 Å². The van der Waals surface area contributed by atoms with Crippen LogP contribution in [0.4, 0.5) is 0 Å². The minimum atomic E-state index is 0.0669. The van der Waals surface area contributed by atoms with E-state index in [2.05, 4.69) is 22.1 Å². The highest BCUT2D eigenvalue weighted by Gasteiger charge is 2.22. The van der Waals surface area contributed by atoms with Crippen LogP contribution in [-0.2, 0) is 26.1 Å². The van der Waals surface area contributed by atoms with Crippen molar-refractivity contribution in [1.29, 1.82) is 0 Å². The van der Waals surface area contributed by atoms with E-state index in [0.29, 0.717) is 13.1 Å².